The van der Waals surface area contributed by atoms with Crippen LogP contribution in [0, 0.1) is 6.92 Å². The molecule has 9 heteroatoms. The molecule has 0 bridgehead atoms. The van der Waals surface area contributed by atoms with Gasteiger partial charge in [-0.05, 0) is 44.0 Å². The van der Waals surface area contributed by atoms with E-state index in [9.17, 15) is 13.2 Å². The van der Waals surface area contributed by atoms with Crippen LogP contribution in [-0.4, -0.2) is 36.7 Å². The SMILES string of the molecule is Cc1cccc(-c2nc(CC(=O)Nc3ccc(Cl)c(S(=O)(=O)N4CCCC4)c3)cs2)c1. The molecule has 1 saturated heterocycles. The van der Waals surface area contributed by atoms with Crippen molar-refractivity contribution in [3.05, 3.63) is 64.1 Å². The Hall–Kier alpha value is -2.26. The van der Waals surface area contributed by atoms with E-state index in [1.165, 1.54) is 27.8 Å². The zero-order chi connectivity index (χ0) is 22.0. The molecule has 3 aromatic rings. The topological polar surface area (TPSA) is 79.4 Å². The smallest absolute Gasteiger partial charge is 0.244 e. The van der Waals surface area contributed by atoms with Crippen LogP contribution in [0.4, 0.5) is 5.69 Å². The van der Waals surface area contributed by atoms with Crippen molar-refractivity contribution in [2.24, 2.45) is 0 Å². The number of hydrogen-bond donors (Lipinski definition) is 1. The van der Waals surface area contributed by atoms with Crippen LogP contribution >= 0.6 is 22.9 Å². The molecule has 31 heavy (non-hydrogen) atoms. The first kappa shape index (κ1) is 22.0. The second kappa shape index (κ2) is 9.08. The van der Waals surface area contributed by atoms with Gasteiger partial charge < -0.3 is 5.32 Å². The van der Waals surface area contributed by atoms with Gasteiger partial charge in [0.1, 0.15) is 9.90 Å². The molecule has 2 aromatic carbocycles. The Morgan fingerprint density at radius 2 is 1.97 bits per heavy atom. The van der Waals surface area contributed by atoms with Crippen LogP contribution in [0.5, 0.6) is 0 Å². The number of benzene rings is 2. The van der Waals surface area contributed by atoms with Gasteiger partial charge in [0, 0.05) is 29.7 Å². The highest BCUT2D eigenvalue weighted by molar-refractivity contribution is 7.89. The molecule has 6 nitrogen and oxygen atoms in total. The number of rotatable bonds is 6. The molecule has 2 heterocycles. The van der Waals surface area contributed by atoms with Crippen molar-refractivity contribution in [3.63, 3.8) is 0 Å². The number of anilines is 1. The maximum absolute atomic E-state index is 12.9. The van der Waals surface area contributed by atoms with E-state index >= 15 is 0 Å². The van der Waals surface area contributed by atoms with E-state index in [-0.39, 0.29) is 22.2 Å². The first-order valence-electron chi connectivity index (χ1n) is 9.94. The summed E-state index contributed by atoms with van der Waals surface area (Å²) >= 11 is 7.66. The van der Waals surface area contributed by atoms with E-state index in [1.807, 2.05) is 30.5 Å². The lowest BCUT2D eigenvalue weighted by atomic mass is 10.1. The van der Waals surface area contributed by atoms with Crippen molar-refractivity contribution >= 4 is 44.6 Å². The third kappa shape index (κ3) is 4.98. The highest BCUT2D eigenvalue weighted by Crippen LogP contribution is 2.30. The molecule has 1 aromatic heterocycles. The standard InChI is InChI=1S/C22H22ClN3O3S2/c1-15-5-4-6-16(11-15)22-25-18(14-30-22)13-21(27)24-17-7-8-19(23)20(12-17)31(28,29)26-9-2-3-10-26/h4-8,11-12,14H,2-3,9-10,13H2,1H3,(H,24,27). The molecule has 1 N–H and O–H groups in total. The average molecular weight is 476 g/mol. The largest absolute Gasteiger partial charge is 0.326 e. The van der Waals surface area contributed by atoms with Gasteiger partial charge in [-0.25, -0.2) is 13.4 Å². The van der Waals surface area contributed by atoms with Gasteiger partial charge in [0.05, 0.1) is 17.1 Å². The lowest BCUT2D eigenvalue weighted by Crippen LogP contribution is -2.28. The molecular formula is C22H22ClN3O3S2. The second-order valence-electron chi connectivity index (χ2n) is 7.49. The summed E-state index contributed by atoms with van der Waals surface area (Å²) in [4.78, 5) is 17.1. The van der Waals surface area contributed by atoms with Gasteiger partial charge in [0.25, 0.3) is 0 Å². The number of hydrogen-bond acceptors (Lipinski definition) is 5. The predicted octanol–water partition coefficient (Wildman–Crippen LogP) is 4.74. The molecule has 1 fully saturated rings. The monoisotopic (exact) mass is 475 g/mol. The third-order valence-electron chi connectivity index (χ3n) is 5.06. The number of thiazole rings is 1. The van der Waals surface area contributed by atoms with E-state index in [0.29, 0.717) is 24.5 Å². The molecule has 0 spiro atoms. The number of aromatic nitrogens is 1. The Bertz CT molecular complexity index is 1220. The maximum Gasteiger partial charge on any atom is 0.244 e. The average Bonchev–Trinajstić information content (AvgIpc) is 3.42. The quantitative estimate of drug-likeness (QED) is 0.558. The molecule has 0 aliphatic carbocycles. The van der Waals surface area contributed by atoms with E-state index in [0.717, 1.165) is 29.0 Å². The van der Waals surface area contributed by atoms with Crippen LogP contribution in [-0.2, 0) is 21.2 Å². The minimum atomic E-state index is -3.68. The molecule has 1 aliphatic rings. The van der Waals surface area contributed by atoms with Crippen LogP contribution in [0.3, 0.4) is 0 Å². The van der Waals surface area contributed by atoms with E-state index in [1.54, 1.807) is 6.07 Å². The summed E-state index contributed by atoms with van der Waals surface area (Å²) in [6, 6.07) is 12.6. The van der Waals surface area contributed by atoms with Crippen LogP contribution in [0.1, 0.15) is 24.1 Å². The summed E-state index contributed by atoms with van der Waals surface area (Å²) in [5.41, 5.74) is 3.22. The first-order chi connectivity index (χ1) is 14.8. The minimum Gasteiger partial charge on any atom is -0.326 e. The van der Waals surface area contributed by atoms with Gasteiger partial charge in [-0.1, -0.05) is 35.4 Å². The van der Waals surface area contributed by atoms with Crippen molar-refractivity contribution < 1.29 is 13.2 Å². The van der Waals surface area contributed by atoms with Crippen molar-refractivity contribution in [1.82, 2.24) is 9.29 Å². The van der Waals surface area contributed by atoms with Crippen molar-refractivity contribution in [2.45, 2.75) is 31.1 Å². The summed E-state index contributed by atoms with van der Waals surface area (Å²) in [5, 5.41) is 5.63. The van der Waals surface area contributed by atoms with Crippen LogP contribution in [0.15, 0.2) is 52.7 Å². The fraction of sp³-hybridized carbons (Fsp3) is 0.273. The molecule has 0 saturated carbocycles. The fourth-order valence-corrected chi connectivity index (χ4v) is 6.35. The maximum atomic E-state index is 12.9. The lowest BCUT2D eigenvalue weighted by Gasteiger charge is -2.17. The Labute approximate surface area is 190 Å². The lowest BCUT2D eigenvalue weighted by molar-refractivity contribution is -0.115. The predicted molar refractivity (Wildman–Crippen MR) is 124 cm³/mol. The number of aryl methyl sites for hydroxylation is 1. The minimum absolute atomic E-state index is 0.0178. The van der Waals surface area contributed by atoms with Gasteiger partial charge >= 0.3 is 0 Å². The highest BCUT2D eigenvalue weighted by atomic mass is 35.5. The Morgan fingerprint density at radius 3 is 2.71 bits per heavy atom. The number of carbonyl (C=O) groups is 1. The molecule has 0 atom stereocenters. The molecule has 1 amide bonds. The van der Waals surface area contributed by atoms with Crippen LogP contribution in [0.2, 0.25) is 5.02 Å². The molecule has 0 unspecified atom stereocenters. The molecule has 162 valence electrons. The van der Waals surface area contributed by atoms with Gasteiger partial charge in [-0.15, -0.1) is 11.3 Å². The summed E-state index contributed by atoms with van der Waals surface area (Å²) in [7, 11) is -3.68. The van der Waals surface area contributed by atoms with E-state index in [2.05, 4.69) is 16.4 Å². The first-order valence-corrected chi connectivity index (χ1v) is 12.6. The number of halogens is 1. The van der Waals surface area contributed by atoms with Crippen molar-refractivity contribution in [2.75, 3.05) is 18.4 Å². The van der Waals surface area contributed by atoms with Gasteiger partial charge in [0.15, 0.2) is 0 Å². The molecule has 4 rings (SSSR count). The van der Waals surface area contributed by atoms with Gasteiger partial charge in [-0.2, -0.15) is 4.31 Å². The van der Waals surface area contributed by atoms with Crippen LogP contribution in [0.25, 0.3) is 10.6 Å². The van der Waals surface area contributed by atoms with Gasteiger partial charge in [0.2, 0.25) is 15.9 Å². The summed E-state index contributed by atoms with van der Waals surface area (Å²) < 4.78 is 27.2. The van der Waals surface area contributed by atoms with Gasteiger partial charge in [-0.3, -0.25) is 4.79 Å². The fourth-order valence-electron chi connectivity index (χ4n) is 3.51. The summed E-state index contributed by atoms with van der Waals surface area (Å²) in [5.74, 6) is -0.270. The van der Waals surface area contributed by atoms with E-state index in [4.69, 9.17) is 11.6 Å². The Kier molecular flexibility index (Phi) is 6.43. The number of carbonyl (C=O) groups excluding carboxylic acids is 1. The normalized spacial score (nSPS) is 14.6. The number of amides is 1. The van der Waals surface area contributed by atoms with Crippen LogP contribution < -0.4 is 5.32 Å². The molecule has 1 aliphatic heterocycles. The summed E-state index contributed by atoms with van der Waals surface area (Å²) in [6.07, 6.45) is 1.77. The Morgan fingerprint density at radius 1 is 1.19 bits per heavy atom. The Balaban J connectivity index is 1.47. The third-order valence-corrected chi connectivity index (χ3v) is 8.38. The highest BCUT2D eigenvalue weighted by Gasteiger charge is 2.29. The number of nitrogens with one attached hydrogen (secondary N) is 1. The second-order valence-corrected chi connectivity index (χ2v) is 10.7. The van der Waals surface area contributed by atoms with E-state index < -0.39 is 10.0 Å². The zero-order valence-corrected chi connectivity index (χ0v) is 19.4. The number of sulfonamides is 1. The molecular weight excluding hydrogens is 454 g/mol. The summed E-state index contributed by atoms with van der Waals surface area (Å²) in [6.45, 7) is 3.00. The molecule has 0 radical (unpaired) electrons. The zero-order valence-electron chi connectivity index (χ0n) is 17.0. The van der Waals surface area contributed by atoms with Crippen molar-refractivity contribution in [1.29, 1.82) is 0 Å². The van der Waals surface area contributed by atoms with Crippen molar-refractivity contribution in [3.8, 4) is 10.6 Å². The number of nitrogens with zero attached hydrogens (tertiary/aromatic N) is 2.